The molecule has 0 N–H and O–H groups in total. The predicted molar refractivity (Wildman–Crippen MR) is 90.6 cm³/mol. The zero-order chi connectivity index (χ0) is 17.3. The normalized spacial score (nSPS) is 22.2. The van der Waals surface area contributed by atoms with Gasteiger partial charge < -0.3 is 4.74 Å². The Morgan fingerprint density at radius 1 is 1.25 bits per heavy atom. The number of aryl methyl sites for hydroxylation is 1. The van der Waals surface area contributed by atoms with Gasteiger partial charge in [-0.25, -0.2) is 13.2 Å². The van der Waals surface area contributed by atoms with E-state index in [4.69, 9.17) is 4.74 Å². The molecule has 1 aromatic carbocycles. The van der Waals surface area contributed by atoms with E-state index < -0.39 is 16.0 Å². The second-order valence-corrected chi connectivity index (χ2v) is 8.12. The second-order valence-electron chi connectivity index (χ2n) is 6.23. The van der Waals surface area contributed by atoms with E-state index in [9.17, 15) is 13.2 Å². The molecule has 1 aromatic rings. The molecule has 0 saturated heterocycles. The average Bonchev–Trinajstić information content (AvgIpc) is 2.97. The monoisotopic (exact) mass is 347 g/mol. The van der Waals surface area contributed by atoms with Crippen LogP contribution < -0.4 is 0 Å². The van der Waals surface area contributed by atoms with Crippen molar-refractivity contribution in [1.82, 2.24) is 4.31 Å². The number of nitrogens with zero attached hydrogens (tertiary/aromatic N) is 1. The first-order chi connectivity index (χ1) is 11.4. The molecule has 3 rings (SSSR count). The molecule has 1 fully saturated rings. The maximum absolute atomic E-state index is 12.8. The molecule has 2 aliphatic rings. The van der Waals surface area contributed by atoms with Crippen LogP contribution in [-0.4, -0.2) is 32.3 Å². The van der Waals surface area contributed by atoms with Crippen molar-refractivity contribution in [3.8, 4) is 0 Å². The molecule has 1 atom stereocenters. The molecule has 0 amide bonds. The Hall–Kier alpha value is -2.08. The van der Waals surface area contributed by atoms with Crippen LogP contribution in [0, 0.1) is 12.8 Å². The summed E-state index contributed by atoms with van der Waals surface area (Å²) in [5.41, 5.74) is 2.85. The number of sulfonamides is 1. The number of rotatable bonds is 3. The van der Waals surface area contributed by atoms with E-state index in [1.807, 2.05) is 6.92 Å². The first kappa shape index (κ1) is 16.8. The fourth-order valence-electron chi connectivity index (χ4n) is 3.27. The van der Waals surface area contributed by atoms with Gasteiger partial charge in [0.15, 0.2) is 0 Å². The van der Waals surface area contributed by atoms with E-state index in [0.717, 1.165) is 36.0 Å². The van der Waals surface area contributed by atoms with Gasteiger partial charge in [-0.3, -0.25) is 4.31 Å². The summed E-state index contributed by atoms with van der Waals surface area (Å²) in [5, 5.41) is 0. The van der Waals surface area contributed by atoms with Crippen molar-refractivity contribution in [2.75, 3.05) is 13.7 Å². The van der Waals surface area contributed by atoms with Crippen molar-refractivity contribution in [2.45, 2.75) is 31.1 Å². The third kappa shape index (κ3) is 3.11. The third-order valence-corrected chi connectivity index (χ3v) is 6.45. The number of benzene rings is 1. The van der Waals surface area contributed by atoms with Crippen molar-refractivity contribution in [3.63, 3.8) is 0 Å². The largest absolute Gasteiger partial charge is 0.466 e. The minimum absolute atomic E-state index is 0.292. The first-order valence-corrected chi connectivity index (χ1v) is 9.45. The molecule has 0 spiro atoms. The molecule has 1 aliphatic heterocycles. The van der Waals surface area contributed by atoms with E-state index in [1.165, 1.54) is 17.5 Å². The van der Waals surface area contributed by atoms with Crippen LogP contribution in [0.1, 0.15) is 24.8 Å². The lowest BCUT2D eigenvalue weighted by Gasteiger charge is -2.29. The van der Waals surface area contributed by atoms with Gasteiger partial charge in [-0.2, -0.15) is 0 Å². The van der Waals surface area contributed by atoms with E-state index in [-0.39, 0.29) is 0 Å². The van der Waals surface area contributed by atoms with Crippen LogP contribution in [0.25, 0.3) is 0 Å². The molecule has 5 nitrogen and oxygen atoms in total. The zero-order valence-corrected chi connectivity index (χ0v) is 14.7. The topological polar surface area (TPSA) is 63.7 Å². The molecular weight excluding hydrogens is 326 g/mol. The SMILES string of the molecule is COC(=O)/C=C1\CCC2CCN(S(=O)(=O)c3ccc(C)cc3)C=C12. The molecule has 1 aliphatic carbocycles. The Kier molecular flexibility index (Phi) is 4.49. The highest BCUT2D eigenvalue weighted by Crippen LogP contribution is 2.41. The van der Waals surface area contributed by atoms with E-state index in [0.29, 0.717) is 17.4 Å². The molecule has 0 radical (unpaired) electrons. The zero-order valence-electron chi connectivity index (χ0n) is 13.9. The van der Waals surface area contributed by atoms with Crippen LogP contribution >= 0.6 is 0 Å². The number of ether oxygens (including phenoxy) is 1. The summed E-state index contributed by atoms with van der Waals surface area (Å²) in [6.07, 6.45) is 5.69. The smallest absolute Gasteiger partial charge is 0.330 e. The molecule has 0 bridgehead atoms. The minimum Gasteiger partial charge on any atom is -0.466 e. The number of fused-ring (bicyclic) bond motifs is 1. The van der Waals surface area contributed by atoms with Crippen molar-refractivity contribution < 1.29 is 17.9 Å². The van der Waals surface area contributed by atoms with Crippen LogP contribution in [0.5, 0.6) is 0 Å². The van der Waals surface area contributed by atoms with Gasteiger partial charge in [0.2, 0.25) is 0 Å². The predicted octanol–water partition coefficient (Wildman–Crippen LogP) is 2.78. The van der Waals surface area contributed by atoms with E-state index in [2.05, 4.69) is 0 Å². The Labute approximate surface area is 142 Å². The highest BCUT2D eigenvalue weighted by molar-refractivity contribution is 7.89. The second kappa shape index (κ2) is 6.43. The highest BCUT2D eigenvalue weighted by Gasteiger charge is 2.33. The Morgan fingerprint density at radius 2 is 1.96 bits per heavy atom. The molecule has 1 saturated carbocycles. The van der Waals surface area contributed by atoms with E-state index in [1.54, 1.807) is 30.5 Å². The third-order valence-electron chi connectivity index (χ3n) is 4.67. The number of esters is 1. The molecular formula is C18H21NO4S. The molecule has 24 heavy (non-hydrogen) atoms. The quantitative estimate of drug-likeness (QED) is 0.623. The Balaban J connectivity index is 1.94. The number of methoxy groups -OCH3 is 1. The minimum atomic E-state index is -3.56. The van der Waals surface area contributed by atoms with Crippen LogP contribution in [0.2, 0.25) is 0 Å². The van der Waals surface area contributed by atoms with Gasteiger partial charge in [0.1, 0.15) is 0 Å². The van der Waals surface area contributed by atoms with E-state index >= 15 is 0 Å². The van der Waals surface area contributed by atoms with Gasteiger partial charge in [0.25, 0.3) is 10.0 Å². The molecule has 6 heteroatoms. The number of hydrogen-bond donors (Lipinski definition) is 0. The summed E-state index contributed by atoms with van der Waals surface area (Å²) in [7, 11) is -2.22. The van der Waals surface area contributed by atoms with Gasteiger partial charge in [-0.1, -0.05) is 17.7 Å². The number of hydrogen-bond acceptors (Lipinski definition) is 4. The van der Waals surface area contributed by atoms with Gasteiger partial charge >= 0.3 is 5.97 Å². The Morgan fingerprint density at radius 3 is 2.62 bits per heavy atom. The lowest BCUT2D eigenvalue weighted by Crippen LogP contribution is -2.32. The summed E-state index contributed by atoms with van der Waals surface area (Å²) in [6.45, 7) is 2.39. The molecule has 1 unspecified atom stereocenters. The van der Waals surface area contributed by atoms with Crippen LogP contribution in [0.3, 0.4) is 0 Å². The van der Waals surface area contributed by atoms with Gasteiger partial charge in [-0.15, -0.1) is 0 Å². The highest BCUT2D eigenvalue weighted by atomic mass is 32.2. The number of carbonyl (C=O) groups is 1. The standard InChI is InChI=1S/C18H21NO4S/c1-13-3-7-16(8-4-13)24(21,22)19-10-9-14-5-6-15(17(14)12-19)11-18(20)23-2/h3-4,7-8,11-12,14H,5-6,9-10H2,1-2H3/b15-11+. The van der Waals surface area contributed by atoms with Crippen LogP contribution in [-0.2, 0) is 19.6 Å². The average molecular weight is 347 g/mol. The van der Waals surface area contributed by atoms with Gasteiger partial charge in [0, 0.05) is 18.8 Å². The molecule has 128 valence electrons. The van der Waals surface area contributed by atoms with Gasteiger partial charge in [-0.05, 0) is 55.4 Å². The summed E-state index contributed by atoms with van der Waals surface area (Å²) < 4.78 is 31.8. The maximum Gasteiger partial charge on any atom is 0.330 e. The first-order valence-electron chi connectivity index (χ1n) is 8.01. The number of carbonyl (C=O) groups excluding carboxylic acids is 1. The molecule has 0 aromatic heterocycles. The number of allylic oxidation sites excluding steroid dienone is 2. The molecule has 1 heterocycles. The fourth-order valence-corrected chi connectivity index (χ4v) is 4.62. The summed E-state index contributed by atoms with van der Waals surface area (Å²) in [5.74, 6) is -0.0737. The fraction of sp³-hybridized carbons (Fsp3) is 0.389. The summed E-state index contributed by atoms with van der Waals surface area (Å²) in [4.78, 5) is 11.8. The van der Waals surface area contributed by atoms with Crippen molar-refractivity contribution in [3.05, 3.63) is 53.3 Å². The summed E-state index contributed by atoms with van der Waals surface area (Å²) >= 11 is 0. The Bertz CT molecular complexity index is 806. The van der Waals surface area contributed by atoms with Gasteiger partial charge in [0.05, 0.1) is 12.0 Å². The summed E-state index contributed by atoms with van der Waals surface area (Å²) in [6, 6.07) is 6.86. The van der Waals surface area contributed by atoms with Crippen LogP contribution in [0.4, 0.5) is 0 Å². The van der Waals surface area contributed by atoms with Crippen molar-refractivity contribution in [1.29, 1.82) is 0 Å². The van der Waals surface area contributed by atoms with Crippen molar-refractivity contribution >= 4 is 16.0 Å². The van der Waals surface area contributed by atoms with Crippen LogP contribution in [0.15, 0.2) is 52.6 Å². The van der Waals surface area contributed by atoms with Crippen molar-refractivity contribution in [2.24, 2.45) is 5.92 Å². The lowest BCUT2D eigenvalue weighted by molar-refractivity contribution is -0.134. The maximum atomic E-state index is 12.8. The lowest BCUT2D eigenvalue weighted by atomic mass is 9.95.